The van der Waals surface area contributed by atoms with Crippen molar-refractivity contribution in [2.45, 2.75) is 45.1 Å². The Morgan fingerprint density at radius 1 is 1.27 bits per heavy atom. The molecule has 1 saturated heterocycles. The van der Waals surface area contributed by atoms with Gasteiger partial charge in [0.15, 0.2) is 0 Å². The monoisotopic (exact) mass is 209 g/mol. The minimum Gasteiger partial charge on any atom is -0.379 e. The summed E-state index contributed by atoms with van der Waals surface area (Å²) in [6, 6.07) is 0. The van der Waals surface area contributed by atoms with Gasteiger partial charge in [-0.2, -0.15) is 0 Å². The number of hydrogen-bond donors (Lipinski definition) is 0. The topological polar surface area (TPSA) is 12.5 Å². The standard InChI is InChI=1S/C13H23NO/c1-12(2)4-3-5-13(6-7-13)14-8-10-15-11-9-14/h4H,3,5-11H2,1-2H3. The van der Waals surface area contributed by atoms with Crippen LogP contribution in [0.2, 0.25) is 0 Å². The van der Waals surface area contributed by atoms with E-state index >= 15 is 0 Å². The fourth-order valence-electron chi connectivity index (χ4n) is 2.54. The molecule has 0 unspecified atom stereocenters. The summed E-state index contributed by atoms with van der Waals surface area (Å²) in [7, 11) is 0. The maximum absolute atomic E-state index is 5.41. The van der Waals surface area contributed by atoms with Crippen molar-refractivity contribution in [3.05, 3.63) is 11.6 Å². The summed E-state index contributed by atoms with van der Waals surface area (Å²) in [5.41, 5.74) is 2.02. The Morgan fingerprint density at radius 3 is 2.47 bits per heavy atom. The molecule has 1 saturated carbocycles. The van der Waals surface area contributed by atoms with Crippen molar-refractivity contribution in [3.63, 3.8) is 0 Å². The van der Waals surface area contributed by atoms with Crippen LogP contribution in [-0.2, 0) is 4.74 Å². The first-order valence-electron chi connectivity index (χ1n) is 6.19. The van der Waals surface area contributed by atoms with Crippen LogP contribution in [0.5, 0.6) is 0 Å². The van der Waals surface area contributed by atoms with Gasteiger partial charge in [0.1, 0.15) is 0 Å². The van der Waals surface area contributed by atoms with Crippen LogP contribution in [0.3, 0.4) is 0 Å². The summed E-state index contributed by atoms with van der Waals surface area (Å²) < 4.78 is 5.41. The first kappa shape index (κ1) is 11.2. The summed E-state index contributed by atoms with van der Waals surface area (Å²) in [5, 5.41) is 0. The van der Waals surface area contributed by atoms with Crippen molar-refractivity contribution in [1.82, 2.24) is 4.90 Å². The Balaban J connectivity index is 1.81. The van der Waals surface area contributed by atoms with Crippen molar-refractivity contribution < 1.29 is 4.74 Å². The molecule has 0 N–H and O–H groups in total. The molecule has 1 heterocycles. The van der Waals surface area contributed by atoms with E-state index < -0.39 is 0 Å². The Morgan fingerprint density at radius 2 is 1.93 bits per heavy atom. The molecular formula is C13H23NO. The smallest absolute Gasteiger partial charge is 0.0594 e. The third kappa shape index (κ3) is 2.82. The van der Waals surface area contributed by atoms with E-state index in [2.05, 4.69) is 24.8 Å². The fourth-order valence-corrected chi connectivity index (χ4v) is 2.54. The van der Waals surface area contributed by atoms with Gasteiger partial charge in [0.25, 0.3) is 0 Å². The number of rotatable bonds is 4. The molecule has 2 rings (SSSR count). The fraction of sp³-hybridized carbons (Fsp3) is 0.846. The lowest BCUT2D eigenvalue weighted by Gasteiger charge is -2.34. The average Bonchev–Trinajstić information content (AvgIpc) is 3.00. The van der Waals surface area contributed by atoms with E-state index in [9.17, 15) is 0 Å². The van der Waals surface area contributed by atoms with Gasteiger partial charge in [-0.25, -0.2) is 0 Å². The summed E-state index contributed by atoms with van der Waals surface area (Å²) in [4.78, 5) is 2.66. The number of morpholine rings is 1. The molecule has 0 radical (unpaired) electrons. The quantitative estimate of drug-likeness (QED) is 0.660. The van der Waals surface area contributed by atoms with Gasteiger partial charge in [-0.3, -0.25) is 4.90 Å². The van der Waals surface area contributed by atoms with Crippen molar-refractivity contribution in [2.24, 2.45) is 0 Å². The van der Waals surface area contributed by atoms with Crippen LogP contribution >= 0.6 is 0 Å². The Bertz CT molecular complexity index is 233. The summed E-state index contributed by atoms with van der Waals surface area (Å²) in [6.07, 6.45) is 7.78. The van der Waals surface area contributed by atoms with Gasteiger partial charge < -0.3 is 4.74 Å². The molecule has 0 amide bonds. The third-order valence-corrected chi connectivity index (χ3v) is 3.67. The molecule has 0 atom stereocenters. The van der Waals surface area contributed by atoms with Gasteiger partial charge in [-0.05, 0) is 39.5 Å². The first-order valence-corrected chi connectivity index (χ1v) is 6.19. The molecule has 2 nitrogen and oxygen atoms in total. The molecule has 0 bridgehead atoms. The van der Waals surface area contributed by atoms with E-state index in [-0.39, 0.29) is 0 Å². The predicted molar refractivity (Wildman–Crippen MR) is 63.0 cm³/mol. The minimum atomic E-state index is 0.565. The Hall–Kier alpha value is -0.340. The van der Waals surface area contributed by atoms with Crippen LogP contribution in [0.25, 0.3) is 0 Å². The highest BCUT2D eigenvalue weighted by molar-refractivity contribution is 5.06. The second-order valence-electron chi connectivity index (χ2n) is 5.14. The molecule has 0 spiro atoms. The van der Waals surface area contributed by atoms with Gasteiger partial charge in [0.05, 0.1) is 13.2 Å². The highest BCUT2D eigenvalue weighted by Gasteiger charge is 2.46. The lowest BCUT2D eigenvalue weighted by atomic mass is 10.1. The third-order valence-electron chi connectivity index (χ3n) is 3.67. The Kier molecular flexibility index (Phi) is 3.47. The number of hydrogen-bond acceptors (Lipinski definition) is 2. The van der Waals surface area contributed by atoms with E-state index in [1.165, 1.54) is 31.3 Å². The van der Waals surface area contributed by atoms with Gasteiger partial charge >= 0.3 is 0 Å². The van der Waals surface area contributed by atoms with E-state index in [1.807, 2.05) is 0 Å². The number of nitrogens with zero attached hydrogens (tertiary/aromatic N) is 1. The van der Waals surface area contributed by atoms with Gasteiger partial charge in [0, 0.05) is 18.6 Å². The second-order valence-corrected chi connectivity index (χ2v) is 5.14. The van der Waals surface area contributed by atoms with Crippen LogP contribution in [0.15, 0.2) is 11.6 Å². The van der Waals surface area contributed by atoms with Crippen molar-refractivity contribution in [2.75, 3.05) is 26.3 Å². The molecule has 0 aromatic heterocycles. The lowest BCUT2D eigenvalue weighted by Crippen LogP contribution is -2.45. The van der Waals surface area contributed by atoms with Crippen LogP contribution in [-0.4, -0.2) is 36.7 Å². The maximum atomic E-state index is 5.41. The average molecular weight is 209 g/mol. The van der Waals surface area contributed by atoms with Crippen molar-refractivity contribution >= 4 is 0 Å². The van der Waals surface area contributed by atoms with Crippen LogP contribution in [0, 0.1) is 0 Å². The van der Waals surface area contributed by atoms with Crippen molar-refractivity contribution in [3.8, 4) is 0 Å². The molecule has 15 heavy (non-hydrogen) atoms. The first-order chi connectivity index (χ1) is 7.23. The van der Waals surface area contributed by atoms with Gasteiger partial charge in [-0.15, -0.1) is 0 Å². The largest absolute Gasteiger partial charge is 0.379 e. The van der Waals surface area contributed by atoms with Crippen LogP contribution < -0.4 is 0 Å². The van der Waals surface area contributed by atoms with Crippen molar-refractivity contribution in [1.29, 1.82) is 0 Å². The lowest BCUT2D eigenvalue weighted by molar-refractivity contribution is 0.00763. The predicted octanol–water partition coefficient (Wildman–Crippen LogP) is 2.60. The second kappa shape index (κ2) is 4.67. The molecule has 1 aliphatic heterocycles. The zero-order valence-corrected chi connectivity index (χ0v) is 10.1. The Labute approximate surface area is 93.3 Å². The molecule has 2 heteroatoms. The minimum absolute atomic E-state index is 0.565. The molecule has 2 fully saturated rings. The highest BCUT2D eigenvalue weighted by Crippen LogP contribution is 2.45. The van der Waals surface area contributed by atoms with Gasteiger partial charge in [0.2, 0.25) is 0 Å². The molecule has 0 aromatic rings. The SMILES string of the molecule is CC(C)=CCCC1(N2CCOCC2)CC1. The molecular weight excluding hydrogens is 186 g/mol. The van der Waals surface area contributed by atoms with E-state index in [0.717, 1.165) is 26.3 Å². The zero-order chi connectivity index (χ0) is 10.7. The number of ether oxygens (including phenoxy) is 1. The highest BCUT2D eigenvalue weighted by atomic mass is 16.5. The summed E-state index contributed by atoms with van der Waals surface area (Å²) in [6.45, 7) is 8.54. The molecule has 0 aromatic carbocycles. The van der Waals surface area contributed by atoms with E-state index in [4.69, 9.17) is 4.74 Å². The maximum Gasteiger partial charge on any atom is 0.0594 e. The van der Waals surface area contributed by atoms with E-state index in [0.29, 0.717) is 5.54 Å². The summed E-state index contributed by atoms with van der Waals surface area (Å²) >= 11 is 0. The van der Waals surface area contributed by atoms with E-state index in [1.54, 1.807) is 0 Å². The van der Waals surface area contributed by atoms with Crippen LogP contribution in [0.1, 0.15) is 39.5 Å². The van der Waals surface area contributed by atoms with Crippen LogP contribution in [0.4, 0.5) is 0 Å². The molecule has 2 aliphatic rings. The zero-order valence-electron chi connectivity index (χ0n) is 10.1. The molecule has 1 aliphatic carbocycles. The summed E-state index contributed by atoms with van der Waals surface area (Å²) in [5.74, 6) is 0. The van der Waals surface area contributed by atoms with Gasteiger partial charge in [-0.1, -0.05) is 11.6 Å². The number of allylic oxidation sites excluding steroid dienone is 2. The normalized spacial score (nSPS) is 24.9. The molecule has 86 valence electrons.